The topological polar surface area (TPSA) is 98.7 Å². The molecule has 2 amide bonds. The number of benzene rings is 2. The highest BCUT2D eigenvalue weighted by Crippen LogP contribution is 2.30. The molecule has 2 N–H and O–H groups in total. The molecule has 0 radical (unpaired) electrons. The van der Waals surface area contributed by atoms with Gasteiger partial charge in [0.2, 0.25) is 5.91 Å². The zero-order valence-electron chi connectivity index (χ0n) is 18.8. The molecule has 0 unspecified atom stereocenters. The molecule has 2 aliphatic heterocycles. The Morgan fingerprint density at radius 3 is 2.29 bits per heavy atom. The Bertz CT molecular complexity index is 1140. The average molecular weight is 458 g/mol. The number of anilines is 2. The van der Waals surface area contributed by atoms with E-state index in [1.165, 1.54) is 5.56 Å². The number of aromatic nitrogens is 2. The summed E-state index contributed by atoms with van der Waals surface area (Å²) < 4.78 is 0. The van der Waals surface area contributed by atoms with E-state index in [-0.39, 0.29) is 23.5 Å². The number of nitrogens with zero attached hydrogens (tertiary/aromatic N) is 4. The summed E-state index contributed by atoms with van der Waals surface area (Å²) in [6, 6.07) is 18.2. The van der Waals surface area contributed by atoms with Crippen molar-refractivity contribution in [1.29, 1.82) is 0 Å². The number of hydrogen-bond acceptors (Lipinski definition) is 6. The molecule has 2 aromatic carbocycles. The van der Waals surface area contributed by atoms with Crippen LogP contribution in [0.5, 0.6) is 5.75 Å². The Morgan fingerprint density at radius 1 is 0.941 bits per heavy atom. The highest BCUT2D eigenvalue weighted by Gasteiger charge is 2.33. The number of carbonyl (C=O) groups is 2. The molecule has 5 rings (SSSR count). The Morgan fingerprint density at radius 2 is 1.65 bits per heavy atom. The lowest BCUT2D eigenvalue weighted by atomic mass is 9.89. The van der Waals surface area contributed by atoms with Crippen LogP contribution in [0.1, 0.15) is 34.7 Å². The Balaban J connectivity index is 1.10. The van der Waals surface area contributed by atoms with Crippen LogP contribution in [0.3, 0.4) is 0 Å². The summed E-state index contributed by atoms with van der Waals surface area (Å²) in [7, 11) is 0. The molecule has 34 heavy (non-hydrogen) atoms. The van der Waals surface area contributed by atoms with Crippen molar-refractivity contribution in [3.05, 3.63) is 78.0 Å². The first kappa shape index (κ1) is 21.9. The van der Waals surface area contributed by atoms with Gasteiger partial charge in [-0.1, -0.05) is 12.1 Å². The van der Waals surface area contributed by atoms with E-state index in [1.807, 2.05) is 34.1 Å². The summed E-state index contributed by atoms with van der Waals surface area (Å²) in [5, 5.41) is 20.4. The van der Waals surface area contributed by atoms with E-state index < -0.39 is 0 Å². The van der Waals surface area contributed by atoms with Crippen molar-refractivity contribution in [3.8, 4) is 5.75 Å². The van der Waals surface area contributed by atoms with Crippen LogP contribution in [-0.2, 0) is 4.79 Å². The number of aromatic hydroxyl groups is 1. The molecule has 3 heterocycles. The minimum absolute atomic E-state index is 0.00498. The molecule has 2 fully saturated rings. The van der Waals surface area contributed by atoms with E-state index in [0.717, 1.165) is 24.3 Å². The molecule has 3 aromatic rings. The third kappa shape index (κ3) is 4.71. The van der Waals surface area contributed by atoms with Gasteiger partial charge in [-0.25, -0.2) is 0 Å². The van der Waals surface area contributed by atoms with Crippen molar-refractivity contribution in [2.75, 3.05) is 36.4 Å². The number of phenolic OH excluding ortho intramolecular Hbond substituents is 1. The second-order valence-corrected chi connectivity index (χ2v) is 8.91. The second-order valence-electron chi connectivity index (χ2n) is 8.91. The average Bonchev–Trinajstić information content (AvgIpc) is 2.84. The van der Waals surface area contributed by atoms with Gasteiger partial charge in [0.1, 0.15) is 5.75 Å². The van der Waals surface area contributed by atoms with Gasteiger partial charge in [0.25, 0.3) is 5.91 Å². The van der Waals surface area contributed by atoms with Gasteiger partial charge >= 0.3 is 0 Å². The summed E-state index contributed by atoms with van der Waals surface area (Å²) in [4.78, 5) is 29.2. The molecule has 8 nitrogen and oxygen atoms in total. The first-order chi connectivity index (χ1) is 16.6. The van der Waals surface area contributed by atoms with E-state index >= 15 is 0 Å². The van der Waals surface area contributed by atoms with Gasteiger partial charge in [0, 0.05) is 43.6 Å². The highest BCUT2D eigenvalue weighted by molar-refractivity contribution is 5.95. The number of piperidine rings is 1. The largest absolute Gasteiger partial charge is 0.508 e. The van der Waals surface area contributed by atoms with E-state index in [4.69, 9.17) is 0 Å². The molecule has 0 atom stereocenters. The van der Waals surface area contributed by atoms with Gasteiger partial charge < -0.3 is 20.2 Å². The van der Waals surface area contributed by atoms with Crippen LogP contribution in [0.4, 0.5) is 11.5 Å². The fourth-order valence-electron chi connectivity index (χ4n) is 4.58. The molecule has 8 heteroatoms. The van der Waals surface area contributed by atoms with Gasteiger partial charge in [-0.05, 0) is 72.9 Å². The lowest BCUT2D eigenvalue weighted by Crippen LogP contribution is -2.52. The van der Waals surface area contributed by atoms with Crippen LogP contribution in [0.2, 0.25) is 0 Å². The molecule has 0 saturated carbocycles. The zero-order valence-corrected chi connectivity index (χ0v) is 18.8. The van der Waals surface area contributed by atoms with Crippen LogP contribution in [0, 0.1) is 5.92 Å². The fraction of sp³-hybridized carbons (Fsp3) is 0.308. The molecule has 2 saturated heterocycles. The smallest absolute Gasteiger partial charge is 0.253 e. The lowest BCUT2D eigenvalue weighted by Gasteiger charge is -2.38. The summed E-state index contributed by atoms with van der Waals surface area (Å²) in [5.41, 5.74) is 2.63. The van der Waals surface area contributed by atoms with Gasteiger partial charge in [0.15, 0.2) is 5.82 Å². The summed E-state index contributed by atoms with van der Waals surface area (Å²) in [6.07, 6.45) is 3.43. The van der Waals surface area contributed by atoms with Crippen molar-refractivity contribution in [1.82, 2.24) is 15.1 Å². The van der Waals surface area contributed by atoms with Crippen LogP contribution in [0.15, 0.2) is 66.9 Å². The zero-order chi connectivity index (χ0) is 23.5. The van der Waals surface area contributed by atoms with Gasteiger partial charge in [-0.15, -0.1) is 5.10 Å². The van der Waals surface area contributed by atoms with Crippen molar-refractivity contribution in [2.45, 2.75) is 18.8 Å². The minimum Gasteiger partial charge on any atom is -0.508 e. The number of carbonyl (C=O) groups excluding carboxylic acids is 2. The number of rotatable bonds is 5. The fourth-order valence-corrected chi connectivity index (χ4v) is 4.58. The normalized spacial score (nSPS) is 16.7. The van der Waals surface area contributed by atoms with Crippen molar-refractivity contribution in [2.24, 2.45) is 5.92 Å². The quantitative estimate of drug-likeness (QED) is 0.610. The first-order valence-corrected chi connectivity index (χ1v) is 11.6. The van der Waals surface area contributed by atoms with Crippen LogP contribution in [-0.4, -0.2) is 58.2 Å². The van der Waals surface area contributed by atoms with Crippen LogP contribution >= 0.6 is 0 Å². The van der Waals surface area contributed by atoms with Crippen LogP contribution < -0.4 is 10.2 Å². The maximum Gasteiger partial charge on any atom is 0.253 e. The predicted octanol–water partition coefficient (Wildman–Crippen LogP) is 3.28. The number of amides is 2. The number of phenols is 1. The molecular weight excluding hydrogens is 430 g/mol. The first-order valence-electron chi connectivity index (χ1n) is 11.6. The molecule has 2 aliphatic rings. The Labute approximate surface area is 198 Å². The predicted molar refractivity (Wildman–Crippen MR) is 129 cm³/mol. The molecule has 0 spiro atoms. The number of hydrogen-bond donors (Lipinski definition) is 2. The summed E-state index contributed by atoms with van der Waals surface area (Å²) in [5.74, 6) is 1.32. The molecule has 1 aromatic heterocycles. The summed E-state index contributed by atoms with van der Waals surface area (Å²) >= 11 is 0. The second kappa shape index (κ2) is 9.51. The van der Waals surface area contributed by atoms with Gasteiger partial charge in [-0.2, -0.15) is 5.10 Å². The standard InChI is InChI=1S/C26H27N5O3/c32-23-9-5-20(6-10-23)26(34)30-14-11-19(12-15-30)18-3-7-22(8-4-18)28-25(33)21-16-31(17-21)24-2-1-13-27-29-24/h1-10,13,19,21,32H,11-12,14-17H2,(H,28,33). The van der Waals surface area contributed by atoms with E-state index in [2.05, 4.69) is 27.6 Å². The molecule has 0 bridgehead atoms. The van der Waals surface area contributed by atoms with Crippen molar-refractivity contribution < 1.29 is 14.7 Å². The van der Waals surface area contributed by atoms with E-state index in [1.54, 1.807) is 30.5 Å². The minimum atomic E-state index is -0.0582. The Hall–Kier alpha value is -3.94. The molecular formula is C26H27N5O3. The van der Waals surface area contributed by atoms with E-state index in [0.29, 0.717) is 37.7 Å². The highest BCUT2D eigenvalue weighted by atomic mass is 16.3. The van der Waals surface area contributed by atoms with Crippen molar-refractivity contribution in [3.63, 3.8) is 0 Å². The lowest BCUT2D eigenvalue weighted by molar-refractivity contribution is -0.120. The van der Waals surface area contributed by atoms with Crippen LogP contribution in [0.25, 0.3) is 0 Å². The monoisotopic (exact) mass is 457 g/mol. The maximum atomic E-state index is 12.7. The molecule has 174 valence electrons. The Kier molecular flexibility index (Phi) is 6.12. The third-order valence-electron chi connectivity index (χ3n) is 6.68. The summed E-state index contributed by atoms with van der Waals surface area (Å²) in [6.45, 7) is 2.69. The SMILES string of the molecule is O=C(Nc1ccc(C2CCN(C(=O)c3ccc(O)cc3)CC2)cc1)C1CN(c2cccnn2)C1. The maximum absolute atomic E-state index is 12.7. The van der Waals surface area contributed by atoms with Gasteiger partial charge in [0.05, 0.1) is 5.92 Å². The molecule has 0 aliphatic carbocycles. The van der Waals surface area contributed by atoms with Gasteiger partial charge in [-0.3, -0.25) is 9.59 Å². The number of nitrogens with one attached hydrogen (secondary N) is 1. The number of likely N-dealkylation sites (tertiary alicyclic amines) is 1. The third-order valence-corrected chi connectivity index (χ3v) is 6.68. The van der Waals surface area contributed by atoms with Crippen molar-refractivity contribution >= 4 is 23.3 Å². The van der Waals surface area contributed by atoms with E-state index in [9.17, 15) is 14.7 Å².